The molecule has 26 heavy (non-hydrogen) atoms. The monoisotopic (exact) mass is 362 g/mol. The number of carbonyl (C=O) groups excluding carboxylic acids is 3. The van der Waals surface area contributed by atoms with E-state index >= 15 is 0 Å². The van der Waals surface area contributed by atoms with Gasteiger partial charge in [-0.15, -0.1) is 0 Å². The molecule has 2 aliphatic heterocycles. The fourth-order valence-electron chi connectivity index (χ4n) is 3.07. The largest absolute Gasteiger partial charge is 0.400 e. The number of benzene rings is 1. The van der Waals surface area contributed by atoms with Gasteiger partial charge in [-0.1, -0.05) is 45.7 Å². The Morgan fingerprint density at radius 2 is 1.81 bits per heavy atom. The Balaban J connectivity index is 0.000000615. The molecule has 0 saturated carbocycles. The van der Waals surface area contributed by atoms with Crippen LogP contribution in [0.5, 0.6) is 0 Å². The van der Waals surface area contributed by atoms with Crippen molar-refractivity contribution in [2.24, 2.45) is 0 Å². The summed E-state index contributed by atoms with van der Waals surface area (Å²) < 4.78 is 0. The van der Waals surface area contributed by atoms with E-state index in [2.05, 4.69) is 32.2 Å². The summed E-state index contributed by atoms with van der Waals surface area (Å²) in [5.74, 6) is -0.727. The number of hydrogen-bond donors (Lipinski definition) is 2. The Bertz CT molecular complexity index is 643. The fourth-order valence-corrected chi connectivity index (χ4v) is 3.07. The summed E-state index contributed by atoms with van der Waals surface area (Å²) in [6.45, 7) is 6.83. The highest BCUT2D eigenvalue weighted by atomic mass is 16.2. The SMILES string of the molecule is CCC.CCCc1ccc2c(c1)CN(C1CCC(=O)NC1=O)C2=O.CO. The second-order valence-electron chi connectivity index (χ2n) is 6.35. The first-order valence-electron chi connectivity index (χ1n) is 9.22. The number of carbonyl (C=O) groups is 3. The Kier molecular flexibility index (Phi) is 8.99. The Labute approximate surface area is 155 Å². The summed E-state index contributed by atoms with van der Waals surface area (Å²) in [6.07, 6.45) is 3.99. The molecule has 2 aliphatic rings. The van der Waals surface area contributed by atoms with Gasteiger partial charge in [0.2, 0.25) is 11.8 Å². The first-order chi connectivity index (χ1) is 12.5. The number of piperidine rings is 1. The predicted octanol–water partition coefficient (Wildman–Crippen LogP) is 2.42. The van der Waals surface area contributed by atoms with Crippen molar-refractivity contribution in [1.82, 2.24) is 10.2 Å². The summed E-state index contributed by atoms with van der Waals surface area (Å²) in [5, 5.41) is 9.31. The number of aliphatic hydroxyl groups is 1. The average Bonchev–Trinajstić information content (AvgIpc) is 2.94. The molecule has 1 saturated heterocycles. The van der Waals surface area contributed by atoms with Gasteiger partial charge in [0.15, 0.2) is 0 Å². The van der Waals surface area contributed by atoms with Gasteiger partial charge in [-0.05, 0) is 30.0 Å². The number of amides is 3. The molecule has 0 radical (unpaired) electrons. The third kappa shape index (κ3) is 5.14. The van der Waals surface area contributed by atoms with Crippen molar-refractivity contribution < 1.29 is 19.5 Å². The van der Waals surface area contributed by atoms with E-state index in [9.17, 15) is 14.4 Å². The van der Waals surface area contributed by atoms with Crippen molar-refractivity contribution in [1.29, 1.82) is 0 Å². The first kappa shape index (κ1) is 21.8. The Hall–Kier alpha value is -2.21. The molecule has 1 aromatic carbocycles. The molecule has 1 aromatic rings. The zero-order chi connectivity index (χ0) is 19.7. The number of nitrogens with one attached hydrogen (secondary N) is 1. The molecule has 6 heteroatoms. The van der Waals surface area contributed by atoms with Crippen molar-refractivity contribution in [3.05, 3.63) is 34.9 Å². The van der Waals surface area contributed by atoms with E-state index < -0.39 is 6.04 Å². The van der Waals surface area contributed by atoms with E-state index in [1.54, 1.807) is 4.90 Å². The van der Waals surface area contributed by atoms with Gasteiger partial charge >= 0.3 is 0 Å². The van der Waals surface area contributed by atoms with Crippen LogP contribution >= 0.6 is 0 Å². The number of imide groups is 1. The summed E-state index contributed by atoms with van der Waals surface area (Å²) in [5.41, 5.74) is 2.88. The Morgan fingerprint density at radius 1 is 1.15 bits per heavy atom. The molecular weight excluding hydrogens is 332 g/mol. The summed E-state index contributed by atoms with van der Waals surface area (Å²) in [6, 6.07) is 5.36. The third-order valence-electron chi connectivity index (χ3n) is 4.13. The summed E-state index contributed by atoms with van der Waals surface area (Å²) in [4.78, 5) is 37.2. The summed E-state index contributed by atoms with van der Waals surface area (Å²) >= 11 is 0. The smallest absolute Gasteiger partial charge is 0.255 e. The van der Waals surface area contributed by atoms with E-state index in [0.717, 1.165) is 25.5 Å². The van der Waals surface area contributed by atoms with Gasteiger partial charge < -0.3 is 10.0 Å². The van der Waals surface area contributed by atoms with Crippen LogP contribution in [0.1, 0.15) is 67.9 Å². The predicted molar refractivity (Wildman–Crippen MR) is 101 cm³/mol. The van der Waals surface area contributed by atoms with Crippen LogP contribution in [0.3, 0.4) is 0 Å². The van der Waals surface area contributed by atoms with Crippen LogP contribution in [-0.4, -0.2) is 40.9 Å². The zero-order valence-electron chi connectivity index (χ0n) is 16.2. The zero-order valence-corrected chi connectivity index (χ0v) is 16.2. The maximum Gasteiger partial charge on any atom is 0.255 e. The van der Waals surface area contributed by atoms with Crippen LogP contribution in [0, 0.1) is 0 Å². The molecular formula is C20H30N2O4. The van der Waals surface area contributed by atoms with Gasteiger partial charge in [0.05, 0.1) is 0 Å². The van der Waals surface area contributed by atoms with E-state index in [4.69, 9.17) is 5.11 Å². The molecule has 144 valence electrons. The maximum atomic E-state index is 12.5. The first-order valence-corrected chi connectivity index (χ1v) is 9.22. The molecule has 3 rings (SSSR count). The average molecular weight is 362 g/mol. The minimum absolute atomic E-state index is 0.109. The van der Waals surface area contributed by atoms with Gasteiger partial charge in [0.1, 0.15) is 6.04 Å². The quantitative estimate of drug-likeness (QED) is 0.809. The lowest BCUT2D eigenvalue weighted by molar-refractivity contribution is -0.136. The standard InChI is InChI=1S/C16H18N2O3.C3H8.CH4O/c1-2-3-10-4-5-12-11(8-10)9-18(16(12)21)13-6-7-14(19)17-15(13)20;1-3-2;1-2/h4-5,8,13H,2-3,6-7,9H2,1H3,(H,17,19,20);3H2,1-2H3;2H,1H3. The number of rotatable bonds is 3. The van der Waals surface area contributed by atoms with Crippen LogP contribution in [0.25, 0.3) is 0 Å². The van der Waals surface area contributed by atoms with Crippen LogP contribution in [0.2, 0.25) is 0 Å². The number of fused-ring (bicyclic) bond motifs is 1. The van der Waals surface area contributed by atoms with E-state index in [0.29, 0.717) is 18.5 Å². The topological polar surface area (TPSA) is 86.7 Å². The molecule has 1 fully saturated rings. The van der Waals surface area contributed by atoms with Crippen molar-refractivity contribution in [3.63, 3.8) is 0 Å². The highest BCUT2D eigenvalue weighted by Crippen LogP contribution is 2.28. The van der Waals surface area contributed by atoms with E-state index in [-0.39, 0.29) is 24.1 Å². The second-order valence-corrected chi connectivity index (χ2v) is 6.35. The third-order valence-corrected chi connectivity index (χ3v) is 4.13. The minimum atomic E-state index is -0.530. The van der Waals surface area contributed by atoms with Crippen LogP contribution in [0.15, 0.2) is 18.2 Å². The molecule has 6 nitrogen and oxygen atoms in total. The molecule has 3 amide bonds. The highest BCUT2D eigenvalue weighted by molar-refractivity contribution is 6.05. The maximum absolute atomic E-state index is 12.5. The van der Waals surface area contributed by atoms with Gasteiger partial charge in [-0.3, -0.25) is 19.7 Å². The van der Waals surface area contributed by atoms with Crippen molar-refractivity contribution in [3.8, 4) is 0 Å². The highest BCUT2D eigenvalue weighted by Gasteiger charge is 2.38. The van der Waals surface area contributed by atoms with E-state index in [1.807, 2.05) is 12.1 Å². The molecule has 1 unspecified atom stereocenters. The van der Waals surface area contributed by atoms with Gasteiger partial charge in [0.25, 0.3) is 5.91 Å². The van der Waals surface area contributed by atoms with Gasteiger partial charge in [0, 0.05) is 25.6 Å². The molecule has 0 aliphatic carbocycles. The number of aliphatic hydroxyl groups excluding tert-OH is 1. The molecule has 2 N–H and O–H groups in total. The molecule has 0 bridgehead atoms. The Morgan fingerprint density at radius 3 is 2.38 bits per heavy atom. The molecule has 1 atom stereocenters. The lowest BCUT2D eigenvalue weighted by atomic mass is 10.0. The lowest BCUT2D eigenvalue weighted by Gasteiger charge is -2.29. The summed E-state index contributed by atoms with van der Waals surface area (Å²) in [7, 11) is 1.00. The number of hydrogen-bond acceptors (Lipinski definition) is 4. The van der Waals surface area contributed by atoms with Crippen molar-refractivity contribution in [2.75, 3.05) is 7.11 Å². The van der Waals surface area contributed by atoms with E-state index in [1.165, 1.54) is 12.0 Å². The lowest BCUT2D eigenvalue weighted by Crippen LogP contribution is -2.52. The van der Waals surface area contributed by atoms with Crippen LogP contribution in [0.4, 0.5) is 0 Å². The van der Waals surface area contributed by atoms with Crippen molar-refractivity contribution >= 4 is 17.7 Å². The molecule has 0 aromatic heterocycles. The number of nitrogens with zero attached hydrogens (tertiary/aromatic N) is 1. The molecule has 2 heterocycles. The minimum Gasteiger partial charge on any atom is -0.400 e. The van der Waals surface area contributed by atoms with Gasteiger partial charge in [-0.25, -0.2) is 0 Å². The van der Waals surface area contributed by atoms with Gasteiger partial charge in [-0.2, -0.15) is 0 Å². The van der Waals surface area contributed by atoms with Crippen LogP contribution in [-0.2, 0) is 22.6 Å². The fraction of sp³-hybridized carbons (Fsp3) is 0.550. The number of aryl methyl sites for hydroxylation is 1. The van der Waals surface area contributed by atoms with Crippen molar-refractivity contribution in [2.45, 2.75) is 65.5 Å². The van der Waals surface area contributed by atoms with Crippen LogP contribution < -0.4 is 5.32 Å². The molecule has 0 spiro atoms. The second kappa shape index (κ2) is 10.7. The normalized spacial score (nSPS) is 18.3.